The van der Waals surface area contributed by atoms with Gasteiger partial charge in [-0.15, -0.1) is 0 Å². The summed E-state index contributed by atoms with van der Waals surface area (Å²) in [6.07, 6.45) is 4.56. The molecule has 2 nitrogen and oxygen atoms in total. The van der Waals surface area contributed by atoms with Crippen LogP contribution in [-0.4, -0.2) is 5.78 Å². The van der Waals surface area contributed by atoms with Gasteiger partial charge >= 0.3 is 0 Å². The van der Waals surface area contributed by atoms with Gasteiger partial charge in [-0.3, -0.25) is 4.79 Å². The van der Waals surface area contributed by atoms with Crippen molar-refractivity contribution in [2.24, 2.45) is 11.3 Å². The SMILES string of the molecule is N#CCC(=O)CC12CC(C1)C2. The standard InChI is InChI=1S/C9H11NO/c10-2-1-8(11)6-9-3-7(4-9)5-9/h7H,1,3-6H2. The Kier molecular flexibility index (Phi) is 1.29. The van der Waals surface area contributed by atoms with E-state index in [0.717, 1.165) is 5.92 Å². The van der Waals surface area contributed by atoms with Crippen molar-refractivity contribution in [1.82, 2.24) is 0 Å². The fourth-order valence-electron chi connectivity index (χ4n) is 2.44. The van der Waals surface area contributed by atoms with Gasteiger partial charge in [0.2, 0.25) is 0 Å². The molecular formula is C9H11NO. The average molecular weight is 149 g/mol. The average Bonchev–Trinajstić information content (AvgIpc) is 1.77. The number of carbonyl (C=O) groups excluding carboxylic acids is 1. The molecule has 2 heteroatoms. The number of ketones is 1. The molecule has 0 atom stereocenters. The highest BCUT2D eigenvalue weighted by molar-refractivity contribution is 5.81. The monoisotopic (exact) mass is 149 g/mol. The summed E-state index contributed by atoms with van der Waals surface area (Å²) < 4.78 is 0. The number of rotatable bonds is 3. The molecular weight excluding hydrogens is 138 g/mol. The van der Waals surface area contributed by atoms with Gasteiger partial charge in [-0.1, -0.05) is 0 Å². The summed E-state index contributed by atoms with van der Waals surface area (Å²) in [5, 5.41) is 8.27. The molecule has 3 aliphatic rings. The predicted molar refractivity (Wildman–Crippen MR) is 39.6 cm³/mol. The molecule has 0 aromatic heterocycles. The van der Waals surface area contributed by atoms with E-state index in [-0.39, 0.29) is 12.2 Å². The number of nitriles is 1. The predicted octanol–water partition coefficient (Wildman–Crippen LogP) is 1.66. The lowest BCUT2D eigenvalue weighted by Crippen LogP contribution is -2.52. The Balaban J connectivity index is 1.82. The summed E-state index contributed by atoms with van der Waals surface area (Å²) in [6, 6.07) is 1.91. The van der Waals surface area contributed by atoms with E-state index in [2.05, 4.69) is 0 Å². The van der Waals surface area contributed by atoms with E-state index >= 15 is 0 Å². The third-order valence-corrected chi connectivity index (χ3v) is 3.01. The van der Waals surface area contributed by atoms with Crippen molar-refractivity contribution in [3.8, 4) is 6.07 Å². The molecule has 0 heterocycles. The van der Waals surface area contributed by atoms with Gasteiger partial charge in [-0.2, -0.15) is 5.26 Å². The minimum Gasteiger partial charge on any atom is -0.299 e. The van der Waals surface area contributed by atoms with Crippen LogP contribution in [0, 0.1) is 22.7 Å². The number of hydrogen-bond acceptors (Lipinski definition) is 2. The van der Waals surface area contributed by atoms with Crippen molar-refractivity contribution in [2.45, 2.75) is 32.1 Å². The Bertz CT molecular complexity index is 221. The van der Waals surface area contributed by atoms with Crippen molar-refractivity contribution < 1.29 is 4.79 Å². The van der Waals surface area contributed by atoms with Crippen LogP contribution in [0.3, 0.4) is 0 Å². The summed E-state index contributed by atoms with van der Waals surface area (Å²) in [6.45, 7) is 0. The molecule has 0 amide bonds. The molecule has 0 aliphatic heterocycles. The van der Waals surface area contributed by atoms with E-state index in [1.807, 2.05) is 6.07 Å². The van der Waals surface area contributed by atoms with Gasteiger partial charge in [0.25, 0.3) is 0 Å². The molecule has 0 spiro atoms. The molecule has 3 aliphatic carbocycles. The van der Waals surface area contributed by atoms with Crippen LogP contribution in [0.5, 0.6) is 0 Å². The maximum Gasteiger partial charge on any atom is 0.147 e. The summed E-state index contributed by atoms with van der Waals surface area (Å²) >= 11 is 0. The number of Topliss-reactive ketones (excluding diaryl/α,β-unsaturated/α-hetero) is 1. The van der Waals surface area contributed by atoms with Crippen molar-refractivity contribution in [2.75, 3.05) is 0 Å². The normalized spacial score (nSPS) is 38.3. The second kappa shape index (κ2) is 2.07. The summed E-state index contributed by atoms with van der Waals surface area (Å²) in [5.74, 6) is 1.08. The molecule has 58 valence electrons. The van der Waals surface area contributed by atoms with E-state index in [1.54, 1.807) is 0 Å². The zero-order valence-corrected chi connectivity index (χ0v) is 6.47. The minimum atomic E-state index is 0.117. The van der Waals surface area contributed by atoms with Crippen LogP contribution in [-0.2, 0) is 4.79 Å². The topological polar surface area (TPSA) is 40.9 Å². The first-order valence-corrected chi connectivity index (χ1v) is 4.13. The molecule has 2 bridgehead atoms. The van der Waals surface area contributed by atoms with E-state index in [9.17, 15) is 4.79 Å². The lowest BCUT2D eigenvalue weighted by Gasteiger charge is -2.61. The molecule has 3 rings (SSSR count). The van der Waals surface area contributed by atoms with E-state index in [0.29, 0.717) is 11.8 Å². The maximum atomic E-state index is 11.1. The Labute approximate surface area is 66.2 Å². The van der Waals surface area contributed by atoms with E-state index in [4.69, 9.17) is 5.26 Å². The summed E-state index contributed by atoms with van der Waals surface area (Å²) in [5.41, 5.74) is 0.387. The molecule has 11 heavy (non-hydrogen) atoms. The highest BCUT2D eigenvalue weighted by atomic mass is 16.1. The lowest BCUT2D eigenvalue weighted by atomic mass is 9.43. The Morgan fingerprint density at radius 1 is 1.55 bits per heavy atom. The number of hydrogen-bond donors (Lipinski definition) is 0. The first-order chi connectivity index (χ1) is 5.24. The maximum absolute atomic E-state index is 11.1. The van der Waals surface area contributed by atoms with Crippen molar-refractivity contribution in [1.29, 1.82) is 5.26 Å². The quantitative estimate of drug-likeness (QED) is 0.612. The van der Waals surface area contributed by atoms with Crippen LogP contribution in [0.4, 0.5) is 0 Å². The Hall–Kier alpha value is -0.840. The summed E-state index contributed by atoms with van der Waals surface area (Å²) in [7, 11) is 0. The van der Waals surface area contributed by atoms with Crippen LogP contribution in [0.15, 0.2) is 0 Å². The summed E-state index contributed by atoms with van der Waals surface area (Å²) in [4.78, 5) is 11.1. The molecule has 3 fully saturated rings. The molecule has 0 aromatic rings. The number of carbonyl (C=O) groups is 1. The highest BCUT2D eigenvalue weighted by Gasteiger charge is 2.56. The fourth-order valence-corrected chi connectivity index (χ4v) is 2.44. The van der Waals surface area contributed by atoms with Gasteiger partial charge in [0, 0.05) is 6.42 Å². The first kappa shape index (κ1) is 6.84. The zero-order valence-electron chi connectivity index (χ0n) is 6.47. The van der Waals surface area contributed by atoms with Crippen molar-refractivity contribution in [3.05, 3.63) is 0 Å². The molecule has 0 N–H and O–H groups in total. The molecule has 3 saturated carbocycles. The van der Waals surface area contributed by atoms with Crippen LogP contribution in [0.1, 0.15) is 32.1 Å². The second-order valence-corrected chi connectivity index (χ2v) is 4.03. The second-order valence-electron chi connectivity index (χ2n) is 4.03. The number of nitrogens with zero attached hydrogens (tertiary/aromatic N) is 1. The molecule has 0 radical (unpaired) electrons. The third kappa shape index (κ3) is 0.956. The fraction of sp³-hybridized carbons (Fsp3) is 0.778. The van der Waals surface area contributed by atoms with Crippen LogP contribution < -0.4 is 0 Å². The van der Waals surface area contributed by atoms with E-state index in [1.165, 1.54) is 19.3 Å². The van der Waals surface area contributed by atoms with Gasteiger partial charge < -0.3 is 0 Å². The van der Waals surface area contributed by atoms with Crippen LogP contribution in [0.2, 0.25) is 0 Å². The van der Waals surface area contributed by atoms with Gasteiger partial charge in [0.05, 0.1) is 12.5 Å². The lowest BCUT2D eigenvalue weighted by molar-refractivity contribution is -0.141. The van der Waals surface area contributed by atoms with E-state index < -0.39 is 0 Å². The Morgan fingerprint density at radius 3 is 2.55 bits per heavy atom. The van der Waals surface area contributed by atoms with Crippen molar-refractivity contribution >= 4 is 5.78 Å². The highest BCUT2D eigenvalue weighted by Crippen LogP contribution is 2.66. The van der Waals surface area contributed by atoms with Gasteiger partial charge in [0.15, 0.2) is 0 Å². The van der Waals surface area contributed by atoms with Crippen LogP contribution >= 0.6 is 0 Å². The Morgan fingerprint density at radius 2 is 2.18 bits per heavy atom. The molecule has 0 unspecified atom stereocenters. The van der Waals surface area contributed by atoms with Gasteiger partial charge in [-0.05, 0) is 30.6 Å². The third-order valence-electron chi connectivity index (χ3n) is 3.01. The minimum absolute atomic E-state index is 0.117. The van der Waals surface area contributed by atoms with Crippen molar-refractivity contribution in [3.63, 3.8) is 0 Å². The first-order valence-electron chi connectivity index (χ1n) is 4.13. The molecule has 0 saturated heterocycles. The van der Waals surface area contributed by atoms with Gasteiger partial charge in [0.1, 0.15) is 5.78 Å². The van der Waals surface area contributed by atoms with Crippen LogP contribution in [0.25, 0.3) is 0 Å². The van der Waals surface area contributed by atoms with Gasteiger partial charge in [-0.25, -0.2) is 0 Å². The largest absolute Gasteiger partial charge is 0.299 e. The zero-order chi connectivity index (χ0) is 7.90. The molecule has 0 aromatic carbocycles. The smallest absolute Gasteiger partial charge is 0.147 e.